The lowest BCUT2D eigenvalue weighted by molar-refractivity contribution is -0.828. The van der Waals surface area contributed by atoms with Crippen LogP contribution in [-0.4, -0.2) is 48.9 Å². The third-order valence-corrected chi connectivity index (χ3v) is 3.96. The van der Waals surface area contributed by atoms with E-state index in [1.54, 1.807) is 6.92 Å². The number of ether oxygens (including phenoxy) is 2. The molecule has 0 radical (unpaired) electrons. The summed E-state index contributed by atoms with van der Waals surface area (Å²) >= 11 is 0. The van der Waals surface area contributed by atoms with Crippen LogP contribution in [0.1, 0.15) is 47.5 Å². The molecule has 1 saturated heterocycles. The molecule has 2 unspecified atom stereocenters. The van der Waals surface area contributed by atoms with Crippen LogP contribution in [0.4, 0.5) is 4.79 Å². The minimum atomic E-state index is -0.554. The van der Waals surface area contributed by atoms with E-state index in [9.17, 15) is 9.59 Å². The Labute approximate surface area is 121 Å². The van der Waals surface area contributed by atoms with Crippen molar-refractivity contribution < 1.29 is 23.5 Å². The number of hydrogen-bond donors (Lipinski definition) is 0. The number of carbonyl (C=O) groups is 2. The second-order valence-electron chi connectivity index (χ2n) is 6.86. The van der Waals surface area contributed by atoms with Crippen molar-refractivity contribution in [1.82, 2.24) is 0 Å². The Morgan fingerprint density at radius 2 is 1.85 bits per heavy atom. The molecule has 0 saturated carbocycles. The summed E-state index contributed by atoms with van der Waals surface area (Å²) in [5.74, 6) is -0.187. The van der Waals surface area contributed by atoms with Crippen molar-refractivity contribution in [2.45, 2.75) is 53.1 Å². The zero-order chi connectivity index (χ0) is 15.6. The Bertz CT molecular complexity index is 388. The van der Waals surface area contributed by atoms with E-state index in [0.717, 1.165) is 0 Å². The quantitative estimate of drug-likeness (QED) is 0.591. The second kappa shape index (κ2) is 5.72. The first-order chi connectivity index (χ1) is 9.08. The van der Waals surface area contributed by atoms with E-state index in [0.29, 0.717) is 32.5 Å². The van der Waals surface area contributed by atoms with Gasteiger partial charge in [-0.05, 0) is 34.1 Å². The van der Waals surface area contributed by atoms with Crippen molar-refractivity contribution in [3.05, 3.63) is 0 Å². The lowest BCUT2D eigenvalue weighted by atomic mass is 9.84. The van der Waals surface area contributed by atoms with Crippen molar-refractivity contribution in [3.63, 3.8) is 0 Å². The molecule has 1 aliphatic heterocycles. The summed E-state index contributed by atoms with van der Waals surface area (Å²) in [6.07, 6.45) is 1.08. The molecule has 0 spiro atoms. The Hall–Kier alpha value is -1.10. The van der Waals surface area contributed by atoms with Gasteiger partial charge in [0, 0.05) is 6.42 Å². The number of esters is 1. The molecule has 0 aromatic carbocycles. The number of likely N-dealkylation sites (tertiary alicyclic amines) is 1. The van der Waals surface area contributed by atoms with Gasteiger partial charge in [0.2, 0.25) is 0 Å². The van der Waals surface area contributed by atoms with Gasteiger partial charge in [-0.25, -0.2) is 4.48 Å². The first-order valence-corrected chi connectivity index (χ1v) is 7.34. The highest BCUT2D eigenvalue weighted by atomic mass is 16.6. The molecule has 1 fully saturated rings. The lowest BCUT2D eigenvalue weighted by Gasteiger charge is -2.31. The summed E-state index contributed by atoms with van der Waals surface area (Å²) in [5, 5.41) is 0. The van der Waals surface area contributed by atoms with Gasteiger partial charge < -0.3 is 9.47 Å². The third kappa shape index (κ3) is 3.51. The maximum atomic E-state index is 12.4. The Morgan fingerprint density at radius 1 is 1.25 bits per heavy atom. The summed E-state index contributed by atoms with van der Waals surface area (Å²) in [7, 11) is 1.84. The molecule has 1 aliphatic rings. The van der Waals surface area contributed by atoms with Crippen LogP contribution in [-0.2, 0) is 14.3 Å². The van der Waals surface area contributed by atoms with Gasteiger partial charge in [-0.3, -0.25) is 4.79 Å². The highest BCUT2D eigenvalue weighted by molar-refractivity contribution is 5.78. The van der Waals surface area contributed by atoms with Crippen molar-refractivity contribution in [3.8, 4) is 0 Å². The third-order valence-electron chi connectivity index (χ3n) is 3.96. The lowest BCUT2D eigenvalue weighted by Crippen LogP contribution is -2.52. The molecule has 1 heterocycles. The number of nitrogens with zero attached hydrogens (tertiary/aromatic N) is 1. The van der Waals surface area contributed by atoms with E-state index < -0.39 is 11.0 Å². The molecule has 0 aromatic heterocycles. The fraction of sp³-hybridized carbons (Fsp3) is 0.867. The summed E-state index contributed by atoms with van der Waals surface area (Å²) in [6, 6.07) is 0. The van der Waals surface area contributed by atoms with Gasteiger partial charge in [-0.2, -0.15) is 4.79 Å². The van der Waals surface area contributed by atoms with Gasteiger partial charge in [0.25, 0.3) is 0 Å². The van der Waals surface area contributed by atoms with Crippen LogP contribution >= 0.6 is 0 Å². The van der Waals surface area contributed by atoms with E-state index in [1.807, 2.05) is 34.7 Å². The summed E-state index contributed by atoms with van der Waals surface area (Å²) in [6.45, 7) is 10.8. The molecule has 1 rings (SSSR count). The van der Waals surface area contributed by atoms with Crippen molar-refractivity contribution in [2.24, 2.45) is 5.41 Å². The van der Waals surface area contributed by atoms with Crippen LogP contribution in [0.2, 0.25) is 0 Å². The van der Waals surface area contributed by atoms with Gasteiger partial charge >= 0.3 is 12.1 Å². The van der Waals surface area contributed by atoms with Crippen molar-refractivity contribution >= 4 is 12.1 Å². The monoisotopic (exact) mass is 286 g/mol. The Balaban J connectivity index is 2.87. The average Bonchev–Trinajstić information content (AvgIpc) is 2.68. The number of rotatable bonds is 3. The molecule has 116 valence electrons. The maximum absolute atomic E-state index is 12.4. The van der Waals surface area contributed by atoms with Crippen molar-refractivity contribution in [1.29, 1.82) is 0 Å². The zero-order valence-electron chi connectivity index (χ0n) is 13.6. The first kappa shape index (κ1) is 17.0. The molecule has 0 N–H and O–H groups in total. The highest BCUT2D eigenvalue weighted by Crippen LogP contribution is 2.39. The number of carbonyl (C=O) groups excluding carboxylic acids is 2. The van der Waals surface area contributed by atoms with E-state index in [4.69, 9.17) is 9.47 Å². The number of quaternary nitrogens is 1. The van der Waals surface area contributed by atoms with Gasteiger partial charge in [0.1, 0.15) is 17.6 Å². The van der Waals surface area contributed by atoms with E-state index in [2.05, 4.69) is 0 Å². The number of amides is 1. The average molecular weight is 286 g/mol. The fourth-order valence-electron chi connectivity index (χ4n) is 2.70. The predicted octanol–water partition coefficient (Wildman–Crippen LogP) is 2.73. The van der Waals surface area contributed by atoms with Gasteiger partial charge in [0.15, 0.2) is 0 Å². The SMILES string of the molecule is CCOC(=O)C1(CC)CC[N+](C)(C(=O)OC(C)(C)C)C1. The fourth-order valence-corrected chi connectivity index (χ4v) is 2.70. The van der Waals surface area contributed by atoms with Gasteiger partial charge in [-0.1, -0.05) is 6.92 Å². The summed E-state index contributed by atoms with van der Waals surface area (Å²) < 4.78 is 10.8. The van der Waals surface area contributed by atoms with Crippen LogP contribution in [0.15, 0.2) is 0 Å². The number of hydrogen-bond acceptors (Lipinski definition) is 4. The molecular formula is C15H28NO4+. The Morgan fingerprint density at radius 3 is 2.30 bits per heavy atom. The largest absolute Gasteiger partial charge is 0.516 e. The predicted molar refractivity (Wildman–Crippen MR) is 76.1 cm³/mol. The smallest absolute Gasteiger partial charge is 0.465 e. The van der Waals surface area contributed by atoms with E-state index in [1.165, 1.54) is 0 Å². The maximum Gasteiger partial charge on any atom is 0.516 e. The summed E-state index contributed by atoms with van der Waals surface area (Å²) in [5.41, 5.74) is -1.07. The second-order valence-corrected chi connectivity index (χ2v) is 6.86. The molecule has 5 heteroatoms. The molecule has 0 bridgehead atoms. The molecule has 1 amide bonds. The van der Waals surface area contributed by atoms with Crippen LogP contribution < -0.4 is 0 Å². The van der Waals surface area contributed by atoms with E-state index >= 15 is 0 Å². The Kier molecular flexibility index (Phi) is 4.85. The minimum Gasteiger partial charge on any atom is -0.465 e. The highest BCUT2D eigenvalue weighted by Gasteiger charge is 2.56. The topological polar surface area (TPSA) is 52.6 Å². The van der Waals surface area contributed by atoms with Crippen molar-refractivity contribution in [2.75, 3.05) is 26.7 Å². The summed E-state index contributed by atoms with van der Waals surface area (Å²) in [4.78, 5) is 24.6. The normalized spacial score (nSPS) is 30.1. The van der Waals surface area contributed by atoms with Crippen LogP contribution in [0.5, 0.6) is 0 Å². The molecule has 0 aromatic rings. The molecule has 20 heavy (non-hydrogen) atoms. The van der Waals surface area contributed by atoms with Gasteiger partial charge in [0.05, 0.1) is 20.2 Å². The standard InChI is InChI=1S/C15H28NO4/c1-7-15(12(17)19-8-2)9-10-16(6,11-15)13(18)20-14(3,4)5/h7-11H2,1-6H3/q+1. The first-order valence-electron chi connectivity index (χ1n) is 7.34. The molecule has 5 nitrogen and oxygen atoms in total. The minimum absolute atomic E-state index is 0.143. The van der Waals surface area contributed by atoms with Crippen LogP contribution in [0.25, 0.3) is 0 Å². The van der Waals surface area contributed by atoms with Crippen LogP contribution in [0, 0.1) is 5.41 Å². The van der Waals surface area contributed by atoms with Crippen LogP contribution in [0.3, 0.4) is 0 Å². The molecular weight excluding hydrogens is 258 g/mol. The van der Waals surface area contributed by atoms with Gasteiger partial charge in [-0.15, -0.1) is 0 Å². The molecule has 0 aliphatic carbocycles. The van der Waals surface area contributed by atoms with E-state index in [-0.39, 0.29) is 16.5 Å². The zero-order valence-corrected chi connectivity index (χ0v) is 13.6. The molecule has 2 atom stereocenters.